The van der Waals surface area contributed by atoms with Crippen LogP contribution in [-0.2, 0) is 14.8 Å². The number of anilines is 1. The van der Waals surface area contributed by atoms with Gasteiger partial charge in [0.1, 0.15) is 0 Å². The zero-order chi connectivity index (χ0) is 22.3. The lowest BCUT2D eigenvalue weighted by Crippen LogP contribution is -2.33. The zero-order valence-corrected chi connectivity index (χ0v) is 18.8. The first-order chi connectivity index (χ1) is 14.8. The van der Waals surface area contributed by atoms with Crippen LogP contribution in [0.1, 0.15) is 30.0 Å². The maximum absolute atomic E-state index is 12.7. The smallest absolute Gasteiger partial charge is 0.232 e. The Morgan fingerprint density at radius 2 is 1.52 bits per heavy atom. The summed E-state index contributed by atoms with van der Waals surface area (Å²) in [5.74, 6) is -0.141. The summed E-state index contributed by atoms with van der Waals surface area (Å²) in [7, 11) is -3.50. The molecule has 0 aromatic heterocycles. The van der Waals surface area contributed by atoms with Gasteiger partial charge in [0.2, 0.25) is 15.9 Å². The van der Waals surface area contributed by atoms with Crippen molar-refractivity contribution in [3.63, 3.8) is 0 Å². The Labute approximate surface area is 188 Å². The number of carbonyl (C=O) groups is 1. The van der Waals surface area contributed by atoms with Crippen molar-refractivity contribution in [2.45, 2.75) is 18.9 Å². The molecular weight excluding hydrogens is 432 g/mol. The summed E-state index contributed by atoms with van der Waals surface area (Å²) in [5, 5.41) is 3.54. The van der Waals surface area contributed by atoms with Gasteiger partial charge in [-0.3, -0.25) is 9.10 Å². The van der Waals surface area contributed by atoms with Crippen LogP contribution in [0.15, 0.2) is 84.9 Å². The summed E-state index contributed by atoms with van der Waals surface area (Å²) in [5.41, 5.74) is 2.46. The molecule has 0 unspecified atom stereocenters. The van der Waals surface area contributed by atoms with Crippen molar-refractivity contribution in [2.24, 2.45) is 0 Å². The molecule has 0 radical (unpaired) electrons. The molecule has 5 nitrogen and oxygen atoms in total. The lowest BCUT2D eigenvalue weighted by molar-refractivity contribution is -0.121. The van der Waals surface area contributed by atoms with E-state index in [2.05, 4.69) is 5.32 Å². The average Bonchev–Trinajstić information content (AvgIpc) is 2.75. The Hall–Kier alpha value is -2.83. The minimum Gasteiger partial charge on any atom is -0.345 e. The topological polar surface area (TPSA) is 66.5 Å². The molecule has 0 heterocycles. The maximum Gasteiger partial charge on any atom is 0.232 e. The van der Waals surface area contributed by atoms with E-state index in [4.69, 9.17) is 11.6 Å². The van der Waals surface area contributed by atoms with Gasteiger partial charge in [-0.15, -0.1) is 0 Å². The van der Waals surface area contributed by atoms with Crippen LogP contribution in [0, 0.1) is 0 Å². The van der Waals surface area contributed by atoms with Crippen molar-refractivity contribution < 1.29 is 13.2 Å². The molecule has 0 bridgehead atoms. The average molecular weight is 457 g/mol. The van der Waals surface area contributed by atoms with Crippen LogP contribution in [-0.4, -0.2) is 27.1 Å². The van der Waals surface area contributed by atoms with Crippen LogP contribution in [0.2, 0.25) is 5.02 Å². The van der Waals surface area contributed by atoms with E-state index < -0.39 is 10.0 Å². The minimum absolute atomic E-state index is 0.141. The molecule has 7 heteroatoms. The van der Waals surface area contributed by atoms with Crippen molar-refractivity contribution in [2.75, 3.05) is 17.1 Å². The Kier molecular flexibility index (Phi) is 7.71. The molecule has 3 aromatic carbocycles. The molecule has 0 atom stereocenters. The standard InChI is InChI=1S/C24H25ClN2O3S/c1-31(29,30)27(22-15-8-14-21(25)18-22)17-9-16-23(28)26-24(19-10-4-2-5-11-19)20-12-6-3-7-13-20/h2-8,10-15,18,24H,9,16-17H2,1H3,(H,26,28). The van der Waals surface area contributed by atoms with Crippen LogP contribution < -0.4 is 9.62 Å². The molecule has 3 rings (SSSR count). The number of carbonyl (C=O) groups excluding carboxylic acids is 1. The molecule has 0 aliphatic carbocycles. The van der Waals surface area contributed by atoms with E-state index in [0.717, 1.165) is 17.4 Å². The molecule has 0 saturated carbocycles. The van der Waals surface area contributed by atoms with E-state index in [1.165, 1.54) is 4.31 Å². The third-order valence-corrected chi connectivity index (χ3v) is 6.26. The third kappa shape index (κ3) is 6.57. The number of rotatable bonds is 9. The lowest BCUT2D eigenvalue weighted by atomic mass is 9.98. The number of hydrogen-bond donors (Lipinski definition) is 1. The molecule has 0 fully saturated rings. The first-order valence-electron chi connectivity index (χ1n) is 9.97. The summed E-state index contributed by atoms with van der Waals surface area (Å²) in [6, 6.07) is 25.9. The SMILES string of the molecule is CS(=O)(=O)N(CCCC(=O)NC(c1ccccc1)c1ccccc1)c1cccc(Cl)c1. The van der Waals surface area contributed by atoms with Gasteiger partial charge in [0, 0.05) is 18.0 Å². The largest absolute Gasteiger partial charge is 0.345 e. The van der Waals surface area contributed by atoms with Crippen LogP contribution in [0.5, 0.6) is 0 Å². The first-order valence-corrected chi connectivity index (χ1v) is 12.2. The van der Waals surface area contributed by atoms with Crippen LogP contribution in [0.25, 0.3) is 0 Å². The predicted octanol–water partition coefficient (Wildman–Crippen LogP) is 4.79. The van der Waals surface area contributed by atoms with Crippen LogP contribution >= 0.6 is 11.6 Å². The summed E-state index contributed by atoms with van der Waals surface area (Å²) < 4.78 is 25.8. The van der Waals surface area contributed by atoms with Crippen LogP contribution in [0.4, 0.5) is 5.69 Å². The van der Waals surface area contributed by atoms with Gasteiger partial charge in [-0.2, -0.15) is 0 Å². The summed E-state index contributed by atoms with van der Waals surface area (Å²) in [6.45, 7) is 0.188. The van der Waals surface area contributed by atoms with Gasteiger partial charge >= 0.3 is 0 Å². The van der Waals surface area contributed by atoms with Gasteiger partial charge < -0.3 is 5.32 Å². The number of halogens is 1. The quantitative estimate of drug-likeness (QED) is 0.503. The van der Waals surface area contributed by atoms with Crippen molar-refractivity contribution in [1.82, 2.24) is 5.32 Å². The van der Waals surface area contributed by atoms with Crippen molar-refractivity contribution in [1.29, 1.82) is 0 Å². The van der Waals surface area contributed by atoms with Crippen molar-refractivity contribution in [3.8, 4) is 0 Å². The van der Waals surface area contributed by atoms with E-state index in [9.17, 15) is 13.2 Å². The van der Waals surface area contributed by atoms with Gasteiger partial charge in [-0.05, 0) is 35.7 Å². The molecule has 0 spiro atoms. The van der Waals surface area contributed by atoms with E-state index in [1.54, 1.807) is 24.3 Å². The van der Waals surface area contributed by atoms with E-state index in [1.807, 2.05) is 60.7 Å². The fourth-order valence-electron chi connectivity index (χ4n) is 3.38. The van der Waals surface area contributed by atoms with E-state index >= 15 is 0 Å². The number of hydrogen-bond acceptors (Lipinski definition) is 3. The molecule has 31 heavy (non-hydrogen) atoms. The van der Waals surface area contributed by atoms with Gasteiger partial charge in [-0.1, -0.05) is 78.3 Å². The fraction of sp³-hybridized carbons (Fsp3) is 0.208. The van der Waals surface area contributed by atoms with E-state index in [0.29, 0.717) is 17.1 Å². The number of sulfonamides is 1. The molecule has 0 saturated heterocycles. The van der Waals surface area contributed by atoms with Crippen molar-refractivity contribution in [3.05, 3.63) is 101 Å². The van der Waals surface area contributed by atoms with Gasteiger partial charge in [0.05, 0.1) is 18.0 Å². The molecule has 1 amide bonds. The fourth-order valence-corrected chi connectivity index (χ4v) is 4.53. The second kappa shape index (κ2) is 10.5. The Morgan fingerprint density at radius 3 is 2.03 bits per heavy atom. The highest BCUT2D eigenvalue weighted by atomic mass is 35.5. The highest BCUT2D eigenvalue weighted by Crippen LogP contribution is 2.24. The second-order valence-corrected chi connectivity index (χ2v) is 9.58. The minimum atomic E-state index is -3.50. The normalized spacial score (nSPS) is 11.3. The second-order valence-electron chi connectivity index (χ2n) is 7.24. The Balaban J connectivity index is 1.67. The van der Waals surface area contributed by atoms with Crippen LogP contribution in [0.3, 0.4) is 0 Å². The molecular formula is C24H25ClN2O3S. The molecule has 0 aliphatic heterocycles. The first kappa shape index (κ1) is 22.8. The molecule has 162 valence electrons. The Morgan fingerprint density at radius 1 is 0.935 bits per heavy atom. The highest BCUT2D eigenvalue weighted by Gasteiger charge is 2.20. The monoisotopic (exact) mass is 456 g/mol. The van der Waals surface area contributed by atoms with Gasteiger partial charge in [0.15, 0.2) is 0 Å². The number of nitrogens with zero attached hydrogens (tertiary/aromatic N) is 1. The molecule has 3 aromatic rings. The zero-order valence-electron chi connectivity index (χ0n) is 17.2. The highest BCUT2D eigenvalue weighted by molar-refractivity contribution is 7.92. The number of nitrogens with one attached hydrogen (secondary N) is 1. The molecule has 1 N–H and O–H groups in total. The van der Waals surface area contributed by atoms with Crippen molar-refractivity contribution >= 4 is 33.2 Å². The predicted molar refractivity (Wildman–Crippen MR) is 126 cm³/mol. The van der Waals surface area contributed by atoms with Gasteiger partial charge in [-0.25, -0.2) is 8.42 Å². The number of benzene rings is 3. The molecule has 0 aliphatic rings. The lowest BCUT2D eigenvalue weighted by Gasteiger charge is -2.23. The number of amides is 1. The third-order valence-electron chi connectivity index (χ3n) is 4.83. The summed E-state index contributed by atoms with van der Waals surface area (Å²) >= 11 is 6.01. The maximum atomic E-state index is 12.7. The summed E-state index contributed by atoms with van der Waals surface area (Å²) in [6.07, 6.45) is 1.72. The Bertz CT molecular complexity index is 1070. The summed E-state index contributed by atoms with van der Waals surface area (Å²) in [4.78, 5) is 12.7. The van der Waals surface area contributed by atoms with E-state index in [-0.39, 0.29) is 24.9 Å². The van der Waals surface area contributed by atoms with Gasteiger partial charge in [0.25, 0.3) is 0 Å².